The average molecular weight is 246 g/mol. The standard InChI is InChI=1S/C14H18N2O2/c15-13(17)18-12-6-9-16(10-12)14(7-8-14)11-4-2-1-3-5-11/h1-5,12H,6-10H2,(H2,15,17)/t12-/m0/s1. The summed E-state index contributed by atoms with van der Waals surface area (Å²) in [6.07, 6.45) is 2.58. The molecule has 1 aliphatic carbocycles. The first kappa shape index (κ1) is 11.5. The molecule has 1 aliphatic heterocycles. The maximum absolute atomic E-state index is 10.8. The summed E-state index contributed by atoms with van der Waals surface area (Å²) in [5, 5.41) is 0. The minimum atomic E-state index is -0.661. The predicted molar refractivity (Wildman–Crippen MR) is 68.0 cm³/mol. The van der Waals surface area contributed by atoms with Crippen LogP contribution in [0.2, 0.25) is 0 Å². The zero-order valence-electron chi connectivity index (χ0n) is 10.3. The van der Waals surface area contributed by atoms with E-state index in [9.17, 15) is 4.79 Å². The number of ether oxygens (including phenoxy) is 1. The van der Waals surface area contributed by atoms with Gasteiger partial charge in [-0.2, -0.15) is 0 Å². The van der Waals surface area contributed by atoms with E-state index in [0.717, 1.165) is 19.5 Å². The highest BCUT2D eigenvalue weighted by Crippen LogP contribution is 2.52. The van der Waals surface area contributed by atoms with Gasteiger partial charge in [-0.25, -0.2) is 4.79 Å². The highest BCUT2D eigenvalue weighted by atomic mass is 16.6. The first-order valence-electron chi connectivity index (χ1n) is 6.47. The van der Waals surface area contributed by atoms with E-state index in [1.54, 1.807) is 0 Å². The van der Waals surface area contributed by atoms with Crippen LogP contribution in [0.15, 0.2) is 30.3 Å². The zero-order valence-corrected chi connectivity index (χ0v) is 10.3. The Bertz CT molecular complexity index is 442. The number of nitrogens with zero attached hydrogens (tertiary/aromatic N) is 1. The molecule has 4 nitrogen and oxygen atoms in total. The first-order valence-corrected chi connectivity index (χ1v) is 6.47. The van der Waals surface area contributed by atoms with Crippen molar-refractivity contribution in [3.05, 3.63) is 35.9 Å². The lowest BCUT2D eigenvalue weighted by atomic mass is 10.0. The van der Waals surface area contributed by atoms with E-state index < -0.39 is 6.09 Å². The highest BCUT2D eigenvalue weighted by Gasteiger charge is 2.51. The molecular weight excluding hydrogens is 228 g/mol. The molecule has 96 valence electrons. The maximum Gasteiger partial charge on any atom is 0.404 e. The quantitative estimate of drug-likeness (QED) is 0.885. The number of hydrogen-bond acceptors (Lipinski definition) is 3. The maximum atomic E-state index is 10.8. The third-order valence-corrected chi connectivity index (χ3v) is 4.07. The number of carbonyl (C=O) groups excluding carboxylic acids is 1. The van der Waals surface area contributed by atoms with E-state index in [0.29, 0.717) is 0 Å². The molecule has 0 unspecified atom stereocenters. The summed E-state index contributed by atoms with van der Waals surface area (Å²) < 4.78 is 5.10. The van der Waals surface area contributed by atoms with Gasteiger partial charge in [-0.05, 0) is 24.8 Å². The summed E-state index contributed by atoms with van der Waals surface area (Å²) in [7, 11) is 0. The molecule has 0 spiro atoms. The van der Waals surface area contributed by atoms with Crippen molar-refractivity contribution in [3.63, 3.8) is 0 Å². The van der Waals surface area contributed by atoms with Gasteiger partial charge in [-0.15, -0.1) is 0 Å². The smallest absolute Gasteiger partial charge is 0.404 e. The number of hydrogen-bond donors (Lipinski definition) is 1. The van der Waals surface area contributed by atoms with Gasteiger partial charge in [0.15, 0.2) is 0 Å². The van der Waals surface area contributed by atoms with Gasteiger partial charge in [-0.3, -0.25) is 4.90 Å². The molecule has 1 aromatic rings. The molecule has 4 heteroatoms. The van der Waals surface area contributed by atoms with E-state index in [2.05, 4.69) is 29.2 Å². The van der Waals surface area contributed by atoms with Crippen LogP contribution in [-0.2, 0) is 10.3 Å². The van der Waals surface area contributed by atoms with Crippen LogP contribution in [0.3, 0.4) is 0 Å². The minimum Gasteiger partial charge on any atom is -0.445 e. The van der Waals surface area contributed by atoms with Crippen LogP contribution in [0.1, 0.15) is 24.8 Å². The number of amides is 1. The minimum absolute atomic E-state index is 0.0383. The van der Waals surface area contributed by atoms with Gasteiger partial charge >= 0.3 is 6.09 Å². The lowest BCUT2D eigenvalue weighted by Crippen LogP contribution is -2.35. The van der Waals surface area contributed by atoms with Gasteiger partial charge in [0.2, 0.25) is 0 Å². The van der Waals surface area contributed by atoms with Crippen molar-refractivity contribution in [2.45, 2.75) is 30.9 Å². The Morgan fingerprint density at radius 1 is 1.33 bits per heavy atom. The fourth-order valence-corrected chi connectivity index (χ4v) is 3.03. The Hall–Kier alpha value is -1.55. The van der Waals surface area contributed by atoms with E-state index in [1.165, 1.54) is 18.4 Å². The largest absolute Gasteiger partial charge is 0.445 e. The summed E-state index contributed by atoms with van der Waals surface area (Å²) in [6, 6.07) is 10.6. The average Bonchev–Trinajstić information content (AvgIpc) is 3.05. The van der Waals surface area contributed by atoms with Gasteiger partial charge in [-0.1, -0.05) is 30.3 Å². The van der Waals surface area contributed by atoms with Crippen LogP contribution >= 0.6 is 0 Å². The van der Waals surface area contributed by atoms with Crippen molar-refractivity contribution in [2.75, 3.05) is 13.1 Å². The Morgan fingerprint density at radius 2 is 2.06 bits per heavy atom. The Morgan fingerprint density at radius 3 is 2.67 bits per heavy atom. The normalized spacial score (nSPS) is 25.9. The topological polar surface area (TPSA) is 55.6 Å². The Balaban J connectivity index is 1.71. The highest BCUT2D eigenvalue weighted by molar-refractivity contribution is 5.64. The zero-order chi connectivity index (χ0) is 12.6. The van der Waals surface area contributed by atoms with Crippen molar-refractivity contribution in [1.29, 1.82) is 0 Å². The first-order chi connectivity index (χ1) is 8.71. The molecule has 0 bridgehead atoms. The second kappa shape index (κ2) is 4.28. The molecule has 2 fully saturated rings. The molecule has 1 atom stereocenters. The molecule has 18 heavy (non-hydrogen) atoms. The molecule has 0 aromatic heterocycles. The number of benzene rings is 1. The lowest BCUT2D eigenvalue weighted by Gasteiger charge is -2.28. The van der Waals surface area contributed by atoms with Crippen molar-refractivity contribution < 1.29 is 9.53 Å². The second-order valence-electron chi connectivity index (χ2n) is 5.19. The molecule has 1 heterocycles. The van der Waals surface area contributed by atoms with Crippen molar-refractivity contribution >= 4 is 6.09 Å². The van der Waals surface area contributed by atoms with Crippen molar-refractivity contribution in [3.8, 4) is 0 Å². The van der Waals surface area contributed by atoms with E-state index in [-0.39, 0.29) is 11.6 Å². The molecule has 1 saturated heterocycles. The Kier molecular flexibility index (Phi) is 2.74. The SMILES string of the molecule is NC(=O)O[C@H]1CCN(C2(c3ccccc3)CC2)C1. The van der Waals surface area contributed by atoms with Crippen LogP contribution in [-0.4, -0.2) is 30.2 Å². The predicted octanol–water partition coefficient (Wildman–Crippen LogP) is 1.85. The molecule has 1 saturated carbocycles. The van der Waals surface area contributed by atoms with Crippen LogP contribution in [0, 0.1) is 0 Å². The number of nitrogens with two attached hydrogens (primary N) is 1. The van der Waals surface area contributed by atoms with Gasteiger partial charge in [0.25, 0.3) is 0 Å². The number of primary amides is 1. The van der Waals surface area contributed by atoms with Gasteiger partial charge in [0.1, 0.15) is 6.10 Å². The van der Waals surface area contributed by atoms with Crippen LogP contribution < -0.4 is 5.73 Å². The molecule has 3 rings (SSSR count). The lowest BCUT2D eigenvalue weighted by molar-refractivity contribution is 0.102. The molecular formula is C14H18N2O2. The van der Waals surface area contributed by atoms with E-state index in [4.69, 9.17) is 10.5 Å². The van der Waals surface area contributed by atoms with Gasteiger partial charge in [0, 0.05) is 18.6 Å². The summed E-state index contributed by atoms with van der Waals surface area (Å²) in [6.45, 7) is 1.78. The van der Waals surface area contributed by atoms with Crippen LogP contribution in [0.4, 0.5) is 4.79 Å². The van der Waals surface area contributed by atoms with E-state index >= 15 is 0 Å². The summed E-state index contributed by atoms with van der Waals surface area (Å²) in [5.74, 6) is 0. The van der Waals surface area contributed by atoms with Gasteiger partial charge in [0.05, 0.1) is 0 Å². The third kappa shape index (κ3) is 1.97. The molecule has 2 aliphatic rings. The van der Waals surface area contributed by atoms with Gasteiger partial charge < -0.3 is 10.5 Å². The van der Waals surface area contributed by atoms with Crippen LogP contribution in [0.5, 0.6) is 0 Å². The second-order valence-corrected chi connectivity index (χ2v) is 5.19. The molecule has 1 aromatic carbocycles. The number of rotatable bonds is 3. The monoisotopic (exact) mass is 246 g/mol. The number of carbonyl (C=O) groups is 1. The van der Waals surface area contributed by atoms with E-state index in [1.807, 2.05) is 6.07 Å². The van der Waals surface area contributed by atoms with Crippen molar-refractivity contribution in [2.24, 2.45) is 5.73 Å². The fraction of sp³-hybridized carbons (Fsp3) is 0.500. The van der Waals surface area contributed by atoms with Crippen LogP contribution in [0.25, 0.3) is 0 Å². The fourth-order valence-electron chi connectivity index (χ4n) is 3.03. The number of likely N-dealkylation sites (tertiary alicyclic amines) is 1. The molecule has 0 radical (unpaired) electrons. The molecule has 2 N–H and O–H groups in total. The summed E-state index contributed by atoms with van der Waals surface area (Å²) >= 11 is 0. The third-order valence-electron chi connectivity index (χ3n) is 4.07. The summed E-state index contributed by atoms with van der Waals surface area (Å²) in [4.78, 5) is 13.2. The molecule has 1 amide bonds. The summed E-state index contributed by atoms with van der Waals surface area (Å²) in [5.41, 5.74) is 6.64. The Labute approximate surface area is 107 Å². The van der Waals surface area contributed by atoms with Crippen molar-refractivity contribution in [1.82, 2.24) is 4.90 Å².